The average molecular weight is 425 g/mol. The van der Waals surface area contributed by atoms with Crippen molar-refractivity contribution in [2.24, 2.45) is 5.92 Å². The fraction of sp³-hybridized carbons (Fsp3) is 0.680. The molecule has 0 radical (unpaired) electrons. The number of ether oxygens (including phenoxy) is 1. The van der Waals surface area contributed by atoms with E-state index in [1.165, 1.54) is 29.5 Å². The van der Waals surface area contributed by atoms with Crippen LogP contribution in [0, 0.1) is 19.8 Å². The van der Waals surface area contributed by atoms with Crippen LogP contribution in [0.15, 0.2) is 12.1 Å². The fourth-order valence-corrected chi connectivity index (χ4v) is 5.51. The summed E-state index contributed by atoms with van der Waals surface area (Å²) in [6.45, 7) is 7.82. The second kappa shape index (κ2) is 8.81. The Morgan fingerprint density at radius 2 is 1.81 bits per heavy atom. The predicted octanol–water partition coefficient (Wildman–Crippen LogP) is 4.11. The van der Waals surface area contributed by atoms with E-state index in [0.717, 1.165) is 76.2 Å². The molecule has 6 heteroatoms. The maximum atomic E-state index is 12.7. The summed E-state index contributed by atoms with van der Waals surface area (Å²) in [5, 5.41) is 3.30. The van der Waals surface area contributed by atoms with Crippen LogP contribution in [-0.2, 0) is 16.1 Å². The lowest BCUT2D eigenvalue weighted by atomic mass is 9.95. The number of aromatic nitrogens is 2. The van der Waals surface area contributed by atoms with Gasteiger partial charge in [0.25, 0.3) is 0 Å². The third-order valence-electron chi connectivity index (χ3n) is 7.60. The van der Waals surface area contributed by atoms with Gasteiger partial charge in [-0.25, -0.2) is 4.98 Å². The number of nitrogens with zero attached hydrogens (tertiary/aromatic N) is 3. The zero-order chi connectivity index (χ0) is 21.4. The first-order valence-corrected chi connectivity index (χ1v) is 12.2. The second-order valence-electron chi connectivity index (χ2n) is 9.83. The van der Waals surface area contributed by atoms with Gasteiger partial charge in [0.15, 0.2) is 0 Å². The molecule has 0 spiro atoms. The molecule has 0 bridgehead atoms. The van der Waals surface area contributed by atoms with Crippen LogP contribution in [0.1, 0.15) is 62.5 Å². The lowest BCUT2D eigenvalue weighted by Gasteiger charge is -2.33. The molecule has 1 atom stereocenters. The molecule has 1 aromatic carbocycles. The van der Waals surface area contributed by atoms with E-state index in [-0.39, 0.29) is 17.9 Å². The van der Waals surface area contributed by atoms with Crippen molar-refractivity contribution >= 4 is 22.9 Å². The molecule has 1 saturated carbocycles. The smallest absolute Gasteiger partial charge is 0.223 e. The predicted molar refractivity (Wildman–Crippen MR) is 124 cm³/mol. The van der Waals surface area contributed by atoms with E-state index in [1.807, 2.05) is 0 Å². The summed E-state index contributed by atoms with van der Waals surface area (Å²) in [6.07, 6.45) is 9.14. The number of fused-ring (bicyclic) bond motifs is 1. The number of nitrogens with one attached hydrogen (secondary N) is 1. The number of hydrogen-bond acceptors (Lipinski definition) is 4. The third-order valence-corrected chi connectivity index (χ3v) is 7.60. The molecule has 168 valence electrons. The molecule has 2 aliphatic heterocycles. The van der Waals surface area contributed by atoms with Crippen LogP contribution in [-0.4, -0.2) is 47.3 Å². The third kappa shape index (κ3) is 4.32. The van der Waals surface area contributed by atoms with Gasteiger partial charge in [0.05, 0.1) is 23.7 Å². The van der Waals surface area contributed by atoms with Crippen LogP contribution >= 0.6 is 0 Å². The number of rotatable bonds is 5. The van der Waals surface area contributed by atoms with Crippen molar-refractivity contribution in [1.29, 1.82) is 0 Å². The Hall–Kier alpha value is -2.08. The van der Waals surface area contributed by atoms with Crippen molar-refractivity contribution in [3.8, 4) is 0 Å². The molecular weight excluding hydrogens is 388 g/mol. The molecular formula is C25H36N4O2. The summed E-state index contributed by atoms with van der Waals surface area (Å²) in [5.41, 5.74) is 4.85. The maximum Gasteiger partial charge on any atom is 0.223 e. The zero-order valence-corrected chi connectivity index (χ0v) is 19.0. The van der Waals surface area contributed by atoms with E-state index < -0.39 is 0 Å². The zero-order valence-electron chi connectivity index (χ0n) is 19.0. The van der Waals surface area contributed by atoms with Crippen molar-refractivity contribution < 1.29 is 9.53 Å². The van der Waals surface area contributed by atoms with Gasteiger partial charge in [-0.05, 0) is 75.6 Å². The molecule has 1 N–H and O–H groups in total. The van der Waals surface area contributed by atoms with Crippen molar-refractivity contribution in [2.75, 3.05) is 24.6 Å². The molecule has 1 amide bonds. The molecule has 2 aromatic rings. The number of aryl methyl sites for hydroxylation is 2. The van der Waals surface area contributed by atoms with Crippen molar-refractivity contribution in [3.63, 3.8) is 0 Å². The number of imidazole rings is 1. The number of carbonyl (C=O) groups excluding carboxylic acids is 1. The van der Waals surface area contributed by atoms with E-state index in [9.17, 15) is 4.79 Å². The molecule has 3 fully saturated rings. The van der Waals surface area contributed by atoms with E-state index in [4.69, 9.17) is 9.72 Å². The lowest BCUT2D eigenvalue weighted by Crippen LogP contribution is -2.44. The van der Waals surface area contributed by atoms with E-state index in [0.29, 0.717) is 6.04 Å². The minimum Gasteiger partial charge on any atom is -0.376 e. The van der Waals surface area contributed by atoms with Gasteiger partial charge in [0, 0.05) is 31.7 Å². The Bertz CT molecular complexity index is 933. The number of amides is 1. The van der Waals surface area contributed by atoms with Crippen LogP contribution < -0.4 is 10.2 Å². The molecule has 3 aliphatic rings. The van der Waals surface area contributed by atoms with E-state index in [2.05, 4.69) is 40.8 Å². The first-order valence-electron chi connectivity index (χ1n) is 12.2. The molecule has 31 heavy (non-hydrogen) atoms. The number of hydrogen-bond donors (Lipinski definition) is 1. The summed E-state index contributed by atoms with van der Waals surface area (Å²) >= 11 is 0. The van der Waals surface area contributed by atoms with Gasteiger partial charge in [-0.1, -0.05) is 12.8 Å². The number of anilines is 1. The van der Waals surface area contributed by atoms with Gasteiger partial charge < -0.3 is 19.5 Å². The average Bonchev–Trinajstić information content (AvgIpc) is 3.52. The summed E-state index contributed by atoms with van der Waals surface area (Å²) in [7, 11) is 0. The Morgan fingerprint density at radius 3 is 2.52 bits per heavy atom. The summed E-state index contributed by atoms with van der Waals surface area (Å²) in [5.74, 6) is 1.45. The van der Waals surface area contributed by atoms with Crippen molar-refractivity contribution in [1.82, 2.24) is 14.9 Å². The van der Waals surface area contributed by atoms with Crippen molar-refractivity contribution in [2.45, 2.75) is 83.9 Å². The molecule has 5 rings (SSSR count). The summed E-state index contributed by atoms with van der Waals surface area (Å²) in [4.78, 5) is 20.2. The Balaban J connectivity index is 1.33. The second-order valence-corrected chi connectivity index (χ2v) is 9.83. The fourth-order valence-electron chi connectivity index (χ4n) is 5.51. The quantitative estimate of drug-likeness (QED) is 0.785. The standard InChI is InChI=1S/C25H36N4O2/c1-17-14-22-23(15-18(17)2)29(16-21-8-5-13-31-21)25(27-22)28-11-9-19(10-12-28)24(30)26-20-6-3-4-7-20/h14-15,19-21H,3-13,16H2,1-2H3,(H,26,30). The summed E-state index contributed by atoms with van der Waals surface area (Å²) in [6, 6.07) is 4.90. The first kappa shape index (κ1) is 20.8. The molecule has 2 saturated heterocycles. The topological polar surface area (TPSA) is 59.4 Å². The highest BCUT2D eigenvalue weighted by Gasteiger charge is 2.30. The highest BCUT2D eigenvalue weighted by molar-refractivity contribution is 5.81. The Labute approximate surface area is 185 Å². The Kier molecular flexibility index (Phi) is 5.91. The number of piperidine rings is 1. The van der Waals surface area contributed by atoms with Crippen LogP contribution in [0.25, 0.3) is 11.0 Å². The van der Waals surface area contributed by atoms with Gasteiger partial charge in [0.2, 0.25) is 11.9 Å². The van der Waals surface area contributed by atoms with E-state index >= 15 is 0 Å². The van der Waals surface area contributed by atoms with Crippen LogP contribution in [0.4, 0.5) is 5.95 Å². The number of carbonyl (C=O) groups is 1. The maximum absolute atomic E-state index is 12.7. The van der Waals surface area contributed by atoms with Gasteiger partial charge in [-0.15, -0.1) is 0 Å². The monoisotopic (exact) mass is 424 g/mol. The highest BCUT2D eigenvalue weighted by atomic mass is 16.5. The van der Waals surface area contributed by atoms with Crippen LogP contribution in [0.2, 0.25) is 0 Å². The minimum absolute atomic E-state index is 0.136. The Morgan fingerprint density at radius 1 is 1.06 bits per heavy atom. The first-order chi connectivity index (χ1) is 15.1. The van der Waals surface area contributed by atoms with Gasteiger partial charge >= 0.3 is 0 Å². The molecule has 3 heterocycles. The largest absolute Gasteiger partial charge is 0.376 e. The SMILES string of the molecule is Cc1cc2nc(N3CCC(C(=O)NC4CCCC4)CC3)n(CC3CCCO3)c2cc1C. The summed E-state index contributed by atoms with van der Waals surface area (Å²) < 4.78 is 8.33. The van der Waals surface area contributed by atoms with Gasteiger partial charge in [-0.3, -0.25) is 4.79 Å². The van der Waals surface area contributed by atoms with Gasteiger partial charge in [0.1, 0.15) is 0 Å². The number of benzene rings is 1. The van der Waals surface area contributed by atoms with Crippen LogP contribution in [0.5, 0.6) is 0 Å². The van der Waals surface area contributed by atoms with Crippen molar-refractivity contribution in [3.05, 3.63) is 23.3 Å². The molecule has 1 aromatic heterocycles. The lowest BCUT2D eigenvalue weighted by molar-refractivity contribution is -0.126. The molecule has 1 unspecified atom stereocenters. The normalized spacial score (nSPS) is 23.2. The van der Waals surface area contributed by atoms with Crippen LogP contribution in [0.3, 0.4) is 0 Å². The molecule has 6 nitrogen and oxygen atoms in total. The minimum atomic E-state index is 0.136. The van der Waals surface area contributed by atoms with E-state index in [1.54, 1.807) is 0 Å². The highest BCUT2D eigenvalue weighted by Crippen LogP contribution is 2.30. The molecule has 1 aliphatic carbocycles. The van der Waals surface area contributed by atoms with Gasteiger partial charge in [-0.2, -0.15) is 0 Å².